The quantitative estimate of drug-likeness (QED) is 0.817. The van der Waals surface area contributed by atoms with Gasteiger partial charge in [-0.15, -0.1) is 0 Å². The number of esters is 1. The van der Waals surface area contributed by atoms with Crippen LogP contribution in [0.5, 0.6) is 0 Å². The SMILES string of the molecule is CCC1(CC)OC(=O)C(c2ccccc2)=C1c1ccc(S(N)(=O)=O)cc1. The van der Waals surface area contributed by atoms with Crippen LogP contribution in [-0.4, -0.2) is 20.0 Å². The van der Waals surface area contributed by atoms with Gasteiger partial charge in [-0.1, -0.05) is 56.3 Å². The van der Waals surface area contributed by atoms with Crippen molar-refractivity contribution in [2.24, 2.45) is 5.14 Å². The van der Waals surface area contributed by atoms with Crippen molar-refractivity contribution in [2.45, 2.75) is 37.2 Å². The van der Waals surface area contributed by atoms with Gasteiger partial charge < -0.3 is 4.74 Å². The first-order valence-electron chi connectivity index (χ1n) is 8.49. The van der Waals surface area contributed by atoms with Crippen molar-refractivity contribution in [1.29, 1.82) is 0 Å². The van der Waals surface area contributed by atoms with Gasteiger partial charge >= 0.3 is 5.97 Å². The van der Waals surface area contributed by atoms with E-state index in [1.807, 2.05) is 44.2 Å². The second-order valence-electron chi connectivity index (χ2n) is 6.28. The molecule has 0 spiro atoms. The molecular formula is C20H21NO4S. The van der Waals surface area contributed by atoms with Crippen LogP contribution >= 0.6 is 0 Å². The average Bonchev–Trinajstić information content (AvgIpc) is 2.94. The van der Waals surface area contributed by atoms with Crippen molar-refractivity contribution in [3.63, 3.8) is 0 Å². The Hall–Kier alpha value is -2.44. The lowest BCUT2D eigenvalue weighted by Gasteiger charge is -2.29. The summed E-state index contributed by atoms with van der Waals surface area (Å²) in [6, 6.07) is 15.6. The smallest absolute Gasteiger partial charge is 0.340 e. The van der Waals surface area contributed by atoms with Crippen molar-refractivity contribution in [3.05, 3.63) is 65.7 Å². The van der Waals surface area contributed by atoms with E-state index in [2.05, 4.69) is 0 Å². The molecule has 26 heavy (non-hydrogen) atoms. The molecule has 0 bridgehead atoms. The number of ether oxygens (including phenoxy) is 1. The molecule has 0 atom stereocenters. The molecule has 2 aromatic rings. The number of rotatable bonds is 5. The fourth-order valence-electron chi connectivity index (χ4n) is 3.44. The zero-order valence-electron chi connectivity index (χ0n) is 14.7. The fraction of sp³-hybridized carbons (Fsp3) is 0.250. The van der Waals surface area contributed by atoms with Gasteiger partial charge in [-0.2, -0.15) is 0 Å². The maximum Gasteiger partial charge on any atom is 0.340 e. The summed E-state index contributed by atoms with van der Waals surface area (Å²) >= 11 is 0. The predicted molar refractivity (Wildman–Crippen MR) is 100 cm³/mol. The van der Waals surface area contributed by atoms with Crippen molar-refractivity contribution in [3.8, 4) is 0 Å². The molecule has 2 N–H and O–H groups in total. The van der Waals surface area contributed by atoms with E-state index in [1.165, 1.54) is 12.1 Å². The molecule has 1 aliphatic rings. The van der Waals surface area contributed by atoms with Gasteiger partial charge in [-0.3, -0.25) is 0 Å². The molecule has 0 aliphatic carbocycles. The van der Waals surface area contributed by atoms with Gasteiger partial charge in [-0.25, -0.2) is 18.4 Å². The lowest BCUT2D eigenvalue weighted by Crippen LogP contribution is -2.29. The lowest BCUT2D eigenvalue weighted by molar-refractivity contribution is -0.144. The molecule has 0 amide bonds. The summed E-state index contributed by atoms with van der Waals surface area (Å²) in [7, 11) is -3.77. The number of carbonyl (C=O) groups excluding carboxylic acids is 1. The van der Waals surface area contributed by atoms with E-state index < -0.39 is 15.6 Å². The zero-order chi connectivity index (χ0) is 18.9. The van der Waals surface area contributed by atoms with Crippen LogP contribution in [0.2, 0.25) is 0 Å². The highest BCUT2D eigenvalue weighted by molar-refractivity contribution is 7.89. The molecule has 1 heterocycles. The second kappa shape index (κ2) is 6.70. The summed E-state index contributed by atoms with van der Waals surface area (Å²) in [6.45, 7) is 3.95. The second-order valence-corrected chi connectivity index (χ2v) is 7.84. The number of carbonyl (C=O) groups is 1. The van der Waals surface area contributed by atoms with Crippen molar-refractivity contribution < 1.29 is 17.9 Å². The molecular weight excluding hydrogens is 350 g/mol. The number of cyclic esters (lactones) is 1. The van der Waals surface area contributed by atoms with Crippen LogP contribution in [0.3, 0.4) is 0 Å². The normalized spacial score (nSPS) is 16.7. The molecule has 1 aliphatic heterocycles. The van der Waals surface area contributed by atoms with Gasteiger partial charge in [-0.05, 0) is 36.1 Å². The Morgan fingerprint density at radius 2 is 1.50 bits per heavy atom. The maximum atomic E-state index is 12.7. The highest BCUT2D eigenvalue weighted by Gasteiger charge is 2.46. The minimum absolute atomic E-state index is 0.0342. The zero-order valence-corrected chi connectivity index (χ0v) is 15.5. The minimum atomic E-state index is -3.77. The maximum absolute atomic E-state index is 12.7. The predicted octanol–water partition coefficient (Wildman–Crippen LogP) is 3.36. The summed E-state index contributed by atoms with van der Waals surface area (Å²) in [6.07, 6.45) is 1.25. The molecule has 0 unspecified atom stereocenters. The van der Waals surface area contributed by atoms with Crippen molar-refractivity contribution in [1.82, 2.24) is 0 Å². The first-order chi connectivity index (χ1) is 12.3. The van der Waals surface area contributed by atoms with Crippen LogP contribution in [0.4, 0.5) is 0 Å². The van der Waals surface area contributed by atoms with Crippen LogP contribution < -0.4 is 5.14 Å². The third-order valence-electron chi connectivity index (χ3n) is 4.87. The number of nitrogens with two attached hydrogens (primary N) is 1. The first-order valence-corrected chi connectivity index (χ1v) is 10.0. The molecule has 0 saturated carbocycles. The number of hydrogen-bond acceptors (Lipinski definition) is 4. The van der Waals surface area contributed by atoms with Gasteiger partial charge in [0.05, 0.1) is 10.5 Å². The number of hydrogen-bond donors (Lipinski definition) is 1. The Kier molecular flexibility index (Phi) is 4.73. The van der Waals surface area contributed by atoms with Crippen LogP contribution in [-0.2, 0) is 19.6 Å². The summed E-state index contributed by atoms with van der Waals surface area (Å²) in [4.78, 5) is 12.8. The Balaban J connectivity index is 2.25. The van der Waals surface area contributed by atoms with E-state index in [4.69, 9.17) is 9.88 Å². The van der Waals surface area contributed by atoms with Crippen molar-refractivity contribution in [2.75, 3.05) is 0 Å². The first kappa shape index (κ1) is 18.4. The molecule has 3 rings (SSSR count). The van der Waals surface area contributed by atoms with Gasteiger partial charge in [0.25, 0.3) is 0 Å². The van der Waals surface area contributed by atoms with Gasteiger partial charge in [0.1, 0.15) is 5.60 Å². The van der Waals surface area contributed by atoms with Crippen LogP contribution in [0.25, 0.3) is 11.1 Å². The molecule has 136 valence electrons. The molecule has 0 radical (unpaired) electrons. The average molecular weight is 371 g/mol. The summed E-state index contributed by atoms with van der Waals surface area (Å²) in [5.74, 6) is -0.356. The highest BCUT2D eigenvalue weighted by atomic mass is 32.2. The third-order valence-corrected chi connectivity index (χ3v) is 5.80. The van der Waals surface area contributed by atoms with E-state index in [1.54, 1.807) is 12.1 Å². The van der Waals surface area contributed by atoms with Crippen LogP contribution in [0.1, 0.15) is 37.8 Å². The summed E-state index contributed by atoms with van der Waals surface area (Å²) < 4.78 is 28.9. The molecule has 0 fully saturated rings. The highest BCUT2D eigenvalue weighted by Crippen LogP contribution is 2.47. The Labute approximate surface area is 153 Å². The molecule has 5 nitrogen and oxygen atoms in total. The topological polar surface area (TPSA) is 86.5 Å². The largest absolute Gasteiger partial charge is 0.451 e. The van der Waals surface area contributed by atoms with E-state index >= 15 is 0 Å². The monoisotopic (exact) mass is 371 g/mol. The van der Waals surface area contributed by atoms with E-state index in [9.17, 15) is 13.2 Å². The van der Waals surface area contributed by atoms with E-state index in [-0.39, 0.29) is 10.9 Å². The number of sulfonamides is 1. The lowest BCUT2D eigenvalue weighted by atomic mass is 9.81. The summed E-state index contributed by atoms with van der Waals surface area (Å²) in [5, 5.41) is 5.19. The number of primary sulfonamides is 1. The third kappa shape index (κ3) is 3.06. The van der Waals surface area contributed by atoms with Crippen LogP contribution in [0, 0.1) is 0 Å². The fourth-order valence-corrected chi connectivity index (χ4v) is 3.96. The van der Waals surface area contributed by atoms with Crippen LogP contribution in [0.15, 0.2) is 59.5 Å². The molecule has 2 aromatic carbocycles. The number of benzene rings is 2. The molecule has 6 heteroatoms. The Morgan fingerprint density at radius 1 is 0.923 bits per heavy atom. The Bertz CT molecular complexity index is 957. The summed E-state index contributed by atoms with van der Waals surface area (Å²) in [5.41, 5.74) is 2.13. The van der Waals surface area contributed by atoms with Gasteiger partial charge in [0.2, 0.25) is 10.0 Å². The molecule has 0 saturated heterocycles. The van der Waals surface area contributed by atoms with E-state index in [0.717, 1.165) is 16.7 Å². The molecule has 0 aromatic heterocycles. The Morgan fingerprint density at radius 3 is 2.00 bits per heavy atom. The minimum Gasteiger partial charge on any atom is -0.451 e. The van der Waals surface area contributed by atoms with Gasteiger partial charge in [0, 0.05) is 5.57 Å². The van der Waals surface area contributed by atoms with E-state index in [0.29, 0.717) is 18.4 Å². The van der Waals surface area contributed by atoms with Gasteiger partial charge in [0.15, 0.2) is 0 Å². The standard InChI is InChI=1S/C20H21NO4S/c1-3-20(4-2)18(15-10-12-16(13-11-15)26(21,23)24)17(19(22)25-20)14-8-6-5-7-9-14/h5-13H,3-4H2,1-2H3,(H2,21,23,24). The van der Waals surface area contributed by atoms with Crippen molar-refractivity contribution >= 4 is 27.1 Å².